The molecular weight excluding hydrogens is 185 g/mol. The quantitative estimate of drug-likeness (QED) is 0.651. The number of amides is 1. The van der Waals surface area contributed by atoms with Gasteiger partial charge in [0, 0.05) is 19.1 Å². The second-order valence-electron chi connectivity index (χ2n) is 2.86. The first-order chi connectivity index (χ1) is 5.84. The molecule has 0 aromatic rings. The minimum atomic E-state index is -4.78. The lowest BCUT2D eigenvalue weighted by Gasteiger charge is -2.10. The van der Waals surface area contributed by atoms with E-state index in [2.05, 4.69) is 5.32 Å². The highest BCUT2D eigenvalue weighted by atomic mass is 19.4. The molecule has 13 heavy (non-hydrogen) atoms. The summed E-state index contributed by atoms with van der Waals surface area (Å²) in [6, 6.07) is 0.197. The van der Waals surface area contributed by atoms with E-state index in [1.165, 1.54) is 0 Å². The molecule has 0 rings (SSSR count). The summed E-state index contributed by atoms with van der Waals surface area (Å²) in [5, 5.41) is 4.62. The number of carbonyl (C=O) groups is 1. The van der Waals surface area contributed by atoms with Crippen LogP contribution in [0, 0.1) is 0 Å². The van der Waals surface area contributed by atoms with E-state index in [0.717, 1.165) is 0 Å². The van der Waals surface area contributed by atoms with E-state index in [9.17, 15) is 18.0 Å². The summed E-state index contributed by atoms with van der Waals surface area (Å²) in [7, 11) is 0. The van der Waals surface area contributed by atoms with E-state index in [1.54, 1.807) is 5.32 Å². The lowest BCUT2D eigenvalue weighted by Crippen LogP contribution is -2.41. The van der Waals surface area contributed by atoms with E-state index in [0.29, 0.717) is 6.54 Å². The van der Waals surface area contributed by atoms with Crippen molar-refractivity contribution in [1.82, 2.24) is 10.6 Å². The highest BCUT2D eigenvalue weighted by Gasteiger charge is 2.38. The predicted octanol–water partition coefficient (Wildman–Crippen LogP) is 0.663. The Labute approximate surface area is 74.7 Å². The number of hydrogen-bond acceptors (Lipinski definition) is 2. The predicted molar refractivity (Wildman–Crippen MR) is 42.2 cm³/mol. The van der Waals surface area contributed by atoms with Crippen molar-refractivity contribution in [3.05, 3.63) is 0 Å². The molecule has 0 aliphatic heterocycles. The van der Waals surface area contributed by atoms with Crippen molar-refractivity contribution < 1.29 is 18.0 Å². The number of nitrogens with one attached hydrogen (secondary N) is 2. The second kappa shape index (κ2) is 5.06. The molecule has 0 spiro atoms. The molecule has 0 aliphatic rings. The first-order valence-corrected chi connectivity index (χ1v) is 3.92. The molecule has 6 heteroatoms. The van der Waals surface area contributed by atoms with Crippen LogP contribution in [0.25, 0.3) is 0 Å². The van der Waals surface area contributed by atoms with Gasteiger partial charge >= 0.3 is 12.1 Å². The molecular formula is C7H13F3N2O. The van der Waals surface area contributed by atoms with Crippen molar-refractivity contribution in [3.63, 3.8) is 0 Å². The van der Waals surface area contributed by atoms with Gasteiger partial charge in [0.25, 0.3) is 0 Å². The van der Waals surface area contributed by atoms with Gasteiger partial charge in [-0.05, 0) is 0 Å². The first kappa shape index (κ1) is 12.2. The van der Waals surface area contributed by atoms with Crippen LogP contribution < -0.4 is 10.6 Å². The van der Waals surface area contributed by atoms with Gasteiger partial charge in [0.15, 0.2) is 0 Å². The fourth-order valence-electron chi connectivity index (χ4n) is 0.637. The Kier molecular flexibility index (Phi) is 4.76. The maximum Gasteiger partial charge on any atom is 0.471 e. The maximum atomic E-state index is 11.6. The van der Waals surface area contributed by atoms with E-state index in [1.807, 2.05) is 13.8 Å². The van der Waals surface area contributed by atoms with Gasteiger partial charge in [0.2, 0.25) is 0 Å². The molecule has 0 saturated heterocycles. The fraction of sp³-hybridized carbons (Fsp3) is 0.857. The van der Waals surface area contributed by atoms with Crippen molar-refractivity contribution in [2.24, 2.45) is 0 Å². The Hall–Kier alpha value is -0.780. The van der Waals surface area contributed by atoms with Crippen LogP contribution >= 0.6 is 0 Å². The molecule has 0 unspecified atom stereocenters. The van der Waals surface area contributed by atoms with Gasteiger partial charge in [-0.15, -0.1) is 0 Å². The monoisotopic (exact) mass is 198 g/mol. The van der Waals surface area contributed by atoms with Crippen molar-refractivity contribution in [2.45, 2.75) is 26.1 Å². The second-order valence-corrected chi connectivity index (χ2v) is 2.86. The molecule has 0 bridgehead atoms. The van der Waals surface area contributed by atoms with E-state index in [4.69, 9.17) is 0 Å². The first-order valence-electron chi connectivity index (χ1n) is 3.92. The summed E-state index contributed by atoms with van der Waals surface area (Å²) >= 11 is 0. The summed E-state index contributed by atoms with van der Waals surface area (Å²) in [6.07, 6.45) is -4.78. The van der Waals surface area contributed by atoms with Crippen molar-refractivity contribution >= 4 is 5.91 Å². The fourth-order valence-corrected chi connectivity index (χ4v) is 0.637. The van der Waals surface area contributed by atoms with Gasteiger partial charge in [-0.2, -0.15) is 13.2 Å². The summed E-state index contributed by atoms with van der Waals surface area (Å²) in [6.45, 7) is 4.05. The van der Waals surface area contributed by atoms with Crippen molar-refractivity contribution in [2.75, 3.05) is 13.1 Å². The summed E-state index contributed by atoms with van der Waals surface area (Å²) in [5.41, 5.74) is 0. The van der Waals surface area contributed by atoms with E-state index >= 15 is 0 Å². The molecule has 0 heterocycles. The Morgan fingerprint density at radius 3 is 2.23 bits per heavy atom. The maximum absolute atomic E-state index is 11.6. The number of alkyl halides is 3. The van der Waals surface area contributed by atoms with Crippen LogP contribution in [-0.4, -0.2) is 31.2 Å². The average Bonchev–Trinajstić information content (AvgIpc) is 1.95. The molecule has 0 fully saturated rings. The molecule has 3 nitrogen and oxygen atoms in total. The van der Waals surface area contributed by atoms with Crippen LogP contribution in [0.4, 0.5) is 13.2 Å². The highest BCUT2D eigenvalue weighted by Crippen LogP contribution is 2.13. The highest BCUT2D eigenvalue weighted by molar-refractivity contribution is 5.81. The third-order valence-corrected chi connectivity index (χ3v) is 1.22. The van der Waals surface area contributed by atoms with Gasteiger partial charge in [0.1, 0.15) is 0 Å². The number of halogens is 3. The molecule has 0 aromatic heterocycles. The summed E-state index contributed by atoms with van der Waals surface area (Å²) in [4.78, 5) is 10.2. The lowest BCUT2D eigenvalue weighted by atomic mass is 10.4. The van der Waals surface area contributed by atoms with E-state index < -0.39 is 12.1 Å². The van der Waals surface area contributed by atoms with E-state index in [-0.39, 0.29) is 12.6 Å². The molecule has 0 radical (unpaired) electrons. The van der Waals surface area contributed by atoms with Crippen LogP contribution in [0.2, 0.25) is 0 Å². The number of hydrogen-bond donors (Lipinski definition) is 2. The largest absolute Gasteiger partial charge is 0.471 e. The Morgan fingerprint density at radius 2 is 1.85 bits per heavy atom. The van der Waals surface area contributed by atoms with Crippen molar-refractivity contribution in [3.8, 4) is 0 Å². The van der Waals surface area contributed by atoms with Crippen LogP contribution in [0.15, 0.2) is 0 Å². The van der Waals surface area contributed by atoms with Crippen LogP contribution in [0.1, 0.15) is 13.8 Å². The van der Waals surface area contributed by atoms with Crippen LogP contribution in [-0.2, 0) is 4.79 Å². The number of carbonyl (C=O) groups excluding carboxylic acids is 1. The normalized spacial score (nSPS) is 11.8. The standard InChI is InChI=1S/C7H13F3N2O/c1-5(2)11-3-4-12-6(13)7(8,9)10/h5,11H,3-4H2,1-2H3,(H,12,13). The molecule has 0 atom stereocenters. The smallest absolute Gasteiger partial charge is 0.347 e. The summed E-state index contributed by atoms with van der Waals surface area (Å²) in [5.74, 6) is -1.89. The minimum absolute atomic E-state index is 0.0173. The minimum Gasteiger partial charge on any atom is -0.347 e. The zero-order valence-corrected chi connectivity index (χ0v) is 7.53. The molecule has 0 aliphatic carbocycles. The van der Waals surface area contributed by atoms with Gasteiger partial charge in [0.05, 0.1) is 0 Å². The van der Waals surface area contributed by atoms with Crippen LogP contribution in [0.3, 0.4) is 0 Å². The molecule has 2 N–H and O–H groups in total. The lowest BCUT2D eigenvalue weighted by molar-refractivity contribution is -0.173. The molecule has 0 aromatic carbocycles. The van der Waals surface area contributed by atoms with Crippen molar-refractivity contribution in [1.29, 1.82) is 0 Å². The Bertz CT molecular complexity index is 168. The Morgan fingerprint density at radius 1 is 1.31 bits per heavy atom. The molecule has 78 valence electrons. The third-order valence-electron chi connectivity index (χ3n) is 1.22. The topological polar surface area (TPSA) is 41.1 Å². The molecule has 1 amide bonds. The summed E-state index contributed by atoms with van der Waals surface area (Å²) < 4.78 is 34.8. The third kappa shape index (κ3) is 6.39. The van der Waals surface area contributed by atoms with Gasteiger partial charge < -0.3 is 10.6 Å². The average molecular weight is 198 g/mol. The van der Waals surface area contributed by atoms with Gasteiger partial charge in [-0.25, -0.2) is 0 Å². The zero-order chi connectivity index (χ0) is 10.5. The zero-order valence-electron chi connectivity index (χ0n) is 7.53. The molecule has 0 saturated carbocycles. The van der Waals surface area contributed by atoms with Gasteiger partial charge in [-0.3, -0.25) is 4.79 Å². The van der Waals surface area contributed by atoms with Crippen LogP contribution in [0.5, 0.6) is 0 Å². The number of rotatable bonds is 4. The Balaban J connectivity index is 3.49. The SMILES string of the molecule is CC(C)NCCNC(=O)C(F)(F)F. The van der Waals surface area contributed by atoms with Gasteiger partial charge in [-0.1, -0.05) is 13.8 Å².